The van der Waals surface area contributed by atoms with E-state index in [1.807, 2.05) is 29.4 Å². The topological polar surface area (TPSA) is 72.1 Å². The third-order valence-electron chi connectivity index (χ3n) is 3.97. The number of piperidine rings is 1. The number of rotatable bonds is 6. The minimum absolute atomic E-state index is 0.138. The van der Waals surface area contributed by atoms with Gasteiger partial charge in [0, 0.05) is 37.8 Å². The number of hydrogen-bond acceptors (Lipinski definition) is 6. The molecule has 6 nitrogen and oxygen atoms in total. The van der Waals surface area contributed by atoms with E-state index in [1.54, 1.807) is 18.0 Å². The molecule has 23 heavy (non-hydrogen) atoms. The number of nitrogens with zero attached hydrogens (tertiary/aromatic N) is 4. The maximum atomic E-state index is 12.1. The van der Waals surface area contributed by atoms with Crippen molar-refractivity contribution in [3.8, 4) is 0 Å². The molecule has 0 unspecified atom stereocenters. The molecular formula is C16H20N4O2S. The molecule has 0 aliphatic carbocycles. The van der Waals surface area contributed by atoms with E-state index in [0.29, 0.717) is 25.4 Å². The van der Waals surface area contributed by atoms with Crippen LogP contribution in [-0.4, -0.2) is 45.3 Å². The first-order valence-electron chi connectivity index (χ1n) is 7.75. The molecule has 2 aromatic heterocycles. The van der Waals surface area contributed by atoms with Gasteiger partial charge in [0.05, 0.1) is 11.7 Å². The van der Waals surface area contributed by atoms with Gasteiger partial charge in [-0.15, -0.1) is 0 Å². The second-order valence-corrected chi connectivity index (χ2v) is 6.49. The molecule has 3 heterocycles. The van der Waals surface area contributed by atoms with Gasteiger partial charge in [-0.1, -0.05) is 11.2 Å². The number of aromatic nitrogens is 3. The minimum Gasteiger partial charge on any atom is -0.342 e. The van der Waals surface area contributed by atoms with E-state index in [-0.39, 0.29) is 11.8 Å². The first-order chi connectivity index (χ1) is 11.3. The van der Waals surface area contributed by atoms with Gasteiger partial charge in [-0.25, -0.2) is 0 Å². The molecule has 1 aliphatic rings. The average Bonchev–Trinajstić information content (AvgIpc) is 3.04. The standard InChI is InChI=1S/C16H20N4O2S/c1-23-11-14-18-16(22-19-14)12-5-6-15(21)20(10-12)9-7-13-4-2-3-8-17-13/h2-4,8,12H,5-7,9-11H2,1H3/t12-/m0/s1. The van der Waals surface area contributed by atoms with E-state index in [1.165, 1.54) is 0 Å². The molecule has 7 heteroatoms. The van der Waals surface area contributed by atoms with Crippen LogP contribution in [0.25, 0.3) is 0 Å². The lowest BCUT2D eigenvalue weighted by Gasteiger charge is -2.30. The minimum atomic E-state index is 0.138. The second-order valence-electron chi connectivity index (χ2n) is 5.63. The number of carbonyl (C=O) groups excluding carboxylic acids is 1. The Morgan fingerprint density at radius 3 is 3.13 bits per heavy atom. The molecule has 2 aromatic rings. The summed E-state index contributed by atoms with van der Waals surface area (Å²) in [6.45, 7) is 1.32. The van der Waals surface area contributed by atoms with Crippen LogP contribution in [0.15, 0.2) is 28.9 Å². The molecule has 0 saturated carbocycles. The van der Waals surface area contributed by atoms with Crippen molar-refractivity contribution in [1.82, 2.24) is 20.0 Å². The predicted octanol–water partition coefficient (Wildman–Crippen LogP) is 2.28. The van der Waals surface area contributed by atoms with Gasteiger partial charge in [0.25, 0.3) is 0 Å². The molecule has 0 bridgehead atoms. The van der Waals surface area contributed by atoms with Crippen molar-refractivity contribution >= 4 is 17.7 Å². The van der Waals surface area contributed by atoms with Gasteiger partial charge in [-0.3, -0.25) is 9.78 Å². The molecule has 3 rings (SSSR count). The third-order valence-corrected chi connectivity index (χ3v) is 4.52. The van der Waals surface area contributed by atoms with Crippen LogP contribution in [0.5, 0.6) is 0 Å². The van der Waals surface area contributed by atoms with Crippen molar-refractivity contribution in [2.75, 3.05) is 19.3 Å². The first kappa shape index (κ1) is 16.0. The summed E-state index contributed by atoms with van der Waals surface area (Å²) in [5, 5.41) is 4.00. The average molecular weight is 332 g/mol. The number of likely N-dealkylation sites (tertiary alicyclic amines) is 1. The molecule has 1 saturated heterocycles. The van der Waals surface area contributed by atoms with Crippen LogP contribution in [0.4, 0.5) is 0 Å². The highest BCUT2D eigenvalue weighted by Gasteiger charge is 2.30. The van der Waals surface area contributed by atoms with Crippen LogP contribution in [-0.2, 0) is 17.0 Å². The zero-order valence-corrected chi connectivity index (χ0v) is 14.0. The Morgan fingerprint density at radius 1 is 1.43 bits per heavy atom. The summed E-state index contributed by atoms with van der Waals surface area (Å²) in [5.41, 5.74) is 1.00. The van der Waals surface area contributed by atoms with E-state index in [0.717, 1.165) is 30.1 Å². The summed E-state index contributed by atoms with van der Waals surface area (Å²) in [7, 11) is 0. The Labute approximate surface area is 139 Å². The van der Waals surface area contributed by atoms with Crippen LogP contribution in [0, 0.1) is 0 Å². The van der Waals surface area contributed by atoms with Crippen molar-refractivity contribution < 1.29 is 9.32 Å². The zero-order valence-electron chi connectivity index (χ0n) is 13.1. The fourth-order valence-electron chi connectivity index (χ4n) is 2.75. The van der Waals surface area contributed by atoms with Crippen molar-refractivity contribution in [1.29, 1.82) is 0 Å². The van der Waals surface area contributed by atoms with Gasteiger partial charge in [0.1, 0.15) is 0 Å². The van der Waals surface area contributed by atoms with Crippen LogP contribution < -0.4 is 0 Å². The number of carbonyl (C=O) groups is 1. The molecule has 0 spiro atoms. The van der Waals surface area contributed by atoms with Crippen LogP contribution in [0.3, 0.4) is 0 Å². The quantitative estimate of drug-likeness (QED) is 0.808. The number of pyridine rings is 1. The number of amides is 1. The fourth-order valence-corrected chi connectivity index (χ4v) is 3.12. The maximum Gasteiger partial charge on any atom is 0.231 e. The fraction of sp³-hybridized carbons (Fsp3) is 0.500. The van der Waals surface area contributed by atoms with E-state index < -0.39 is 0 Å². The molecule has 1 amide bonds. The molecule has 0 N–H and O–H groups in total. The summed E-state index contributed by atoms with van der Waals surface area (Å²) >= 11 is 1.66. The summed E-state index contributed by atoms with van der Waals surface area (Å²) < 4.78 is 5.38. The molecule has 1 fully saturated rings. The Bertz CT molecular complexity index is 647. The van der Waals surface area contributed by atoms with E-state index >= 15 is 0 Å². The van der Waals surface area contributed by atoms with E-state index in [9.17, 15) is 4.79 Å². The van der Waals surface area contributed by atoms with Crippen LogP contribution in [0.2, 0.25) is 0 Å². The smallest absolute Gasteiger partial charge is 0.231 e. The Hall–Kier alpha value is -1.89. The van der Waals surface area contributed by atoms with Crippen molar-refractivity contribution in [2.24, 2.45) is 0 Å². The van der Waals surface area contributed by atoms with Gasteiger partial charge >= 0.3 is 0 Å². The van der Waals surface area contributed by atoms with Crippen LogP contribution >= 0.6 is 11.8 Å². The van der Waals surface area contributed by atoms with Crippen LogP contribution in [0.1, 0.15) is 36.2 Å². The summed E-state index contributed by atoms with van der Waals surface area (Å²) in [4.78, 5) is 22.8. The van der Waals surface area contributed by atoms with Gasteiger partial charge in [-0.2, -0.15) is 16.7 Å². The Kier molecular flexibility index (Phi) is 5.27. The van der Waals surface area contributed by atoms with Gasteiger partial charge in [0.15, 0.2) is 5.82 Å². The third kappa shape index (κ3) is 4.10. The van der Waals surface area contributed by atoms with E-state index in [4.69, 9.17) is 4.52 Å². The van der Waals surface area contributed by atoms with Crippen molar-refractivity contribution in [3.63, 3.8) is 0 Å². The molecule has 122 valence electrons. The van der Waals surface area contributed by atoms with Gasteiger partial charge in [0.2, 0.25) is 11.8 Å². The predicted molar refractivity (Wildman–Crippen MR) is 88.0 cm³/mol. The highest BCUT2D eigenvalue weighted by atomic mass is 32.2. The zero-order chi connectivity index (χ0) is 16.1. The van der Waals surface area contributed by atoms with Gasteiger partial charge < -0.3 is 9.42 Å². The largest absolute Gasteiger partial charge is 0.342 e. The van der Waals surface area contributed by atoms with Gasteiger partial charge in [-0.05, 0) is 24.8 Å². The Balaban J connectivity index is 1.60. The molecule has 1 aliphatic heterocycles. The SMILES string of the molecule is CSCc1noc([C@H]2CCC(=O)N(CCc3ccccn3)C2)n1. The van der Waals surface area contributed by atoms with Crippen molar-refractivity contribution in [2.45, 2.75) is 30.9 Å². The molecule has 1 atom stereocenters. The summed E-state index contributed by atoms with van der Waals surface area (Å²) in [6, 6.07) is 5.85. The second kappa shape index (κ2) is 7.59. The lowest BCUT2D eigenvalue weighted by Crippen LogP contribution is -2.40. The molecule has 0 aromatic carbocycles. The summed E-state index contributed by atoms with van der Waals surface area (Å²) in [6.07, 6.45) is 5.87. The lowest BCUT2D eigenvalue weighted by atomic mass is 9.97. The number of thioether (sulfide) groups is 1. The molecular weight excluding hydrogens is 312 g/mol. The highest BCUT2D eigenvalue weighted by molar-refractivity contribution is 7.97. The Morgan fingerprint density at radius 2 is 2.35 bits per heavy atom. The number of hydrogen-bond donors (Lipinski definition) is 0. The highest BCUT2D eigenvalue weighted by Crippen LogP contribution is 2.26. The normalized spacial score (nSPS) is 18.4. The van der Waals surface area contributed by atoms with Crippen molar-refractivity contribution in [3.05, 3.63) is 41.8 Å². The maximum absolute atomic E-state index is 12.1. The lowest BCUT2D eigenvalue weighted by molar-refractivity contribution is -0.133. The molecule has 0 radical (unpaired) electrons. The summed E-state index contributed by atoms with van der Waals surface area (Å²) in [5.74, 6) is 2.47. The monoisotopic (exact) mass is 332 g/mol. The van der Waals surface area contributed by atoms with E-state index in [2.05, 4.69) is 15.1 Å². The first-order valence-corrected chi connectivity index (χ1v) is 9.14.